The van der Waals surface area contributed by atoms with Crippen molar-refractivity contribution in [2.75, 3.05) is 12.4 Å². The van der Waals surface area contributed by atoms with Crippen LogP contribution in [0.3, 0.4) is 0 Å². The molecule has 32 heavy (non-hydrogen) atoms. The van der Waals surface area contributed by atoms with E-state index < -0.39 is 23.5 Å². The van der Waals surface area contributed by atoms with Gasteiger partial charge in [0.1, 0.15) is 11.3 Å². The standard InChI is InChI=1S/C24H25NO6S/c1-3-17-11-22(27)31-20-10-15(2)9-19(23(17)20)30-12-21(26)25-18(24(28)29)14-32-13-16-7-5-4-6-8-16/h4-11,18H,3,12-14H2,1-2H3,(H,25,26)(H,28,29)/p-1/t18-/m0/s1. The SMILES string of the molecule is CCc1cc(=O)oc2cc(C)cc(OCC(=O)N[C@@H](CSCc3ccccc3)C(=O)[O-])c12. The molecule has 1 aromatic heterocycles. The van der Waals surface area contributed by atoms with Crippen LogP contribution in [-0.4, -0.2) is 30.3 Å². The van der Waals surface area contributed by atoms with Gasteiger partial charge in [-0.05, 0) is 42.2 Å². The summed E-state index contributed by atoms with van der Waals surface area (Å²) in [6.45, 7) is 3.34. The second-order valence-corrected chi connectivity index (χ2v) is 8.34. The fraction of sp³-hybridized carbons (Fsp3) is 0.292. The quantitative estimate of drug-likeness (QED) is 0.468. The molecule has 168 valence electrons. The summed E-state index contributed by atoms with van der Waals surface area (Å²) in [7, 11) is 0. The molecular weight excluding hydrogens is 430 g/mol. The molecule has 3 rings (SSSR count). The van der Waals surface area contributed by atoms with Crippen LogP contribution in [0, 0.1) is 6.92 Å². The van der Waals surface area contributed by atoms with Crippen LogP contribution >= 0.6 is 11.8 Å². The fourth-order valence-electron chi connectivity index (χ4n) is 3.28. The third kappa shape index (κ3) is 6.13. The van der Waals surface area contributed by atoms with Crippen molar-refractivity contribution in [1.29, 1.82) is 0 Å². The summed E-state index contributed by atoms with van der Waals surface area (Å²) in [6.07, 6.45) is 0.582. The van der Waals surface area contributed by atoms with Crippen LogP contribution < -0.4 is 20.8 Å². The molecule has 0 unspecified atom stereocenters. The first-order valence-electron chi connectivity index (χ1n) is 10.2. The maximum absolute atomic E-state index is 12.4. The van der Waals surface area contributed by atoms with E-state index >= 15 is 0 Å². The van der Waals surface area contributed by atoms with Gasteiger partial charge < -0.3 is 24.4 Å². The number of hydrogen-bond acceptors (Lipinski definition) is 7. The third-order valence-electron chi connectivity index (χ3n) is 4.79. The number of carboxylic acids is 1. The predicted octanol–water partition coefficient (Wildman–Crippen LogP) is 2.21. The van der Waals surface area contributed by atoms with E-state index in [1.165, 1.54) is 17.8 Å². The Labute approximate surface area is 189 Å². The zero-order valence-corrected chi connectivity index (χ0v) is 18.7. The number of benzene rings is 2. The van der Waals surface area contributed by atoms with Gasteiger partial charge in [0.15, 0.2) is 6.61 Å². The Kier molecular flexibility index (Phi) is 7.94. The Morgan fingerprint density at radius 1 is 1.19 bits per heavy atom. The largest absolute Gasteiger partial charge is 0.548 e. The number of aryl methyl sites for hydroxylation is 2. The molecule has 7 nitrogen and oxygen atoms in total. The second-order valence-electron chi connectivity index (χ2n) is 7.31. The highest BCUT2D eigenvalue weighted by molar-refractivity contribution is 7.98. The molecule has 0 aliphatic carbocycles. The first kappa shape index (κ1) is 23.4. The average molecular weight is 455 g/mol. The highest BCUT2D eigenvalue weighted by atomic mass is 32.2. The van der Waals surface area contributed by atoms with Crippen molar-refractivity contribution in [3.63, 3.8) is 0 Å². The Morgan fingerprint density at radius 3 is 2.62 bits per heavy atom. The molecule has 3 aromatic rings. The minimum absolute atomic E-state index is 0.168. The number of rotatable bonds is 10. The van der Waals surface area contributed by atoms with E-state index in [-0.39, 0.29) is 12.4 Å². The summed E-state index contributed by atoms with van der Waals surface area (Å²) < 4.78 is 11.0. The molecule has 0 spiro atoms. The van der Waals surface area contributed by atoms with Crippen molar-refractivity contribution in [3.05, 3.63) is 75.6 Å². The van der Waals surface area contributed by atoms with Crippen LogP contribution in [0.2, 0.25) is 0 Å². The fourth-order valence-corrected chi connectivity index (χ4v) is 4.28. The summed E-state index contributed by atoms with van der Waals surface area (Å²) >= 11 is 1.39. The van der Waals surface area contributed by atoms with Gasteiger partial charge in [-0.3, -0.25) is 4.79 Å². The number of ether oxygens (including phenoxy) is 1. The molecule has 0 aliphatic heterocycles. The van der Waals surface area contributed by atoms with E-state index in [9.17, 15) is 19.5 Å². The van der Waals surface area contributed by atoms with Crippen molar-refractivity contribution in [1.82, 2.24) is 5.32 Å². The molecule has 0 saturated heterocycles. The zero-order valence-electron chi connectivity index (χ0n) is 17.9. The van der Waals surface area contributed by atoms with Gasteiger partial charge in [0, 0.05) is 17.6 Å². The number of aliphatic carboxylic acids is 1. The Hall–Kier alpha value is -3.26. The highest BCUT2D eigenvalue weighted by Crippen LogP contribution is 2.30. The van der Waals surface area contributed by atoms with Gasteiger partial charge in [-0.1, -0.05) is 37.3 Å². The zero-order chi connectivity index (χ0) is 23.1. The van der Waals surface area contributed by atoms with Gasteiger partial charge in [0.25, 0.3) is 5.91 Å². The molecule has 1 heterocycles. The molecule has 1 atom stereocenters. The summed E-state index contributed by atoms with van der Waals surface area (Å²) in [5.74, 6) is -0.738. The summed E-state index contributed by atoms with van der Waals surface area (Å²) in [5, 5.41) is 14.5. The van der Waals surface area contributed by atoms with E-state index in [0.717, 1.165) is 16.7 Å². The molecule has 0 saturated carbocycles. The van der Waals surface area contributed by atoms with E-state index in [4.69, 9.17) is 9.15 Å². The number of carboxylic acid groups (broad SMARTS) is 1. The molecular formula is C24H24NO6S-. The minimum atomic E-state index is -1.35. The van der Waals surface area contributed by atoms with Crippen LogP contribution in [0.4, 0.5) is 0 Å². The van der Waals surface area contributed by atoms with Gasteiger partial charge >= 0.3 is 5.63 Å². The van der Waals surface area contributed by atoms with Gasteiger partial charge in [0.2, 0.25) is 0 Å². The molecule has 0 fully saturated rings. The van der Waals surface area contributed by atoms with Crippen molar-refractivity contribution in [3.8, 4) is 5.75 Å². The number of fused-ring (bicyclic) bond motifs is 1. The molecule has 1 amide bonds. The lowest BCUT2D eigenvalue weighted by Gasteiger charge is -2.20. The Morgan fingerprint density at radius 2 is 1.94 bits per heavy atom. The lowest BCUT2D eigenvalue weighted by atomic mass is 10.1. The monoisotopic (exact) mass is 454 g/mol. The van der Waals surface area contributed by atoms with E-state index in [1.807, 2.05) is 44.2 Å². The lowest BCUT2D eigenvalue weighted by molar-refractivity contribution is -0.307. The van der Waals surface area contributed by atoms with Crippen LogP contribution in [0.5, 0.6) is 5.75 Å². The smallest absolute Gasteiger partial charge is 0.336 e. The van der Waals surface area contributed by atoms with Crippen molar-refractivity contribution < 1.29 is 23.8 Å². The van der Waals surface area contributed by atoms with Gasteiger partial charge in [-0.15, -0.1) is 0 Å². The number of amides is 1. The van der Waals surface area contributed by atoms with Crippen LogP contribution in [0.1, 0.15) is 23.6 Å². The number of hydrogen-bond donors (Lipinski definition) is 1. The molecule has 1 N–H and O–H groups in total. The van der Waals surface area contributed by atoms with Gasteiger partial charge in [-0.2, -0.15) is 11.8 Å². The summed E-state index contributed by atoms with van der Waals surface area (Å²) in [4.78, 5) is 35.6. The van der Waals surface area contributed by atoms with Crippen molar-refractivity contribution >= 4 is 34.6 Å². The van der Waals surface area contributed by atoms with Gasteiger partial charge in [0.05, 0.1) is 17.4 Å². The normalized spacial score (nSPS) is 11.8. The van der Waals surface area contributed by atoms with E-state index in [1.54, 1.807) is 12.1 Å². The average Bonchev–Trinajstić information content (AvgIpc) is 2.76. The van der Waals surface area contributed by atoms with Crippen molar-refractivity contribution in [2.24, 2.45) is 0 Å². The van der Waals surface area contributed by atoms with Crippen LogP contribution in [0.25, 0.3) is 11.0 Å². The van der Waals surface area contributed by atoms with Crippen molar-refractivity contribution in [2.45, 2.75) is 32.1 Å². The van der Waals surface area contributed by atoms with Crippen LogP contribution in [0.15, 0.2) is 57.7 Å². The number of carbonyl (C=O) groups is 2. The maximum atomic E-state index is 12.4. The number of carbonyl (C=O) groups excluding carboxylic acids is 2. The van der Waals surface area contributed by atoms with E-state index in [2.05, 4.69) is 5.32 Å². The molecule has 8 heteroatoms. The first-order valence-corrected chi connectivity index (χ1v) is 11.3. The molecule has 0 bridgehead atoms. The molecule has 2 aromatic carbocycles. The van der Waals surface area contributed by atoms with Gasteiger partial charge in [-0.25, -0.2) is 4.79 Å². The summed E-state index contributed by atoms with van der Waals surface area (Å²) in [6, 6.07) is 13.4. The summed E-state index contributed by atoms with van der Waals surface area (Å²) in [5.41, 5.74) is 2.54. The molecule has 0 radical (unpaired) electrons. The van der Waals surface area contributed by atoms with E-state index in [0.29, 0.717) is 28.9 Å². The second kappa shape index (κ2) is 10.9. The Balaban J connectivity index is 1.64. The predicted molar refractivity (Wildman–Crippen MR) is 122 cm³/mol. The topological polar surface area (TPSA) is 109 Å². The number of thioether (sulfide) groups is 1. The number of nitrogens with one attached hydrogen (secondary N) is 1. The highest BCUT2D eigenvalue weighted by Gasteiger charge is 2.16. The third-order valence-corrected chi connectivity index (χ3v) is 5.90. The first-order chi connectivity index (χ1) is 15.4. The van der Waals surface area contributed by atoms with Crippen LogP contribution in [-0.2, 0) is 21.8 Å². The Bertz CT molecular complexity index is 1160. The molecule has 0 aliphatic rings. The maximum Gasteiger partial charge on any atom is 0.336 e. The lowest BCUT2D eigenvalue weighted by Crippen LogP contribution is -2.50. The minimum Gasteiger partial charge on any atom is -0.548 e.